The molecule has 0 heterocycles. The lowest BCUT2D eigenvalue weighted by atomic mass is 10.1. The molecule has 0 radical (unpaired) electrons. The van der Waals surface area contributed by atoms with Crippen molar-refractivity contribution in [3.8, 4) is 0 Å². The third-order valence-electron chi connectivity index (χ3n) is 11.6. The van der Waals surface area contributed by atoms with E-state index >= 15 is 0 Å². The lowest BCUT2D eigenvalue weighted by Crippen LogP contribution is -2.37. The van der Waals surface area contributed by atoms with Gasteiger partial charge in [0, 0.05) is 13.0 Å². The quantitative estimate of drug-likeness (QED) is 0.0197. The molecule has 2 atom stereocenters. The van der Waals surface area contributed by atoms with Crippen molar-refractivity contribution in [1.29, 1.82) is 0 Å². The predicted octanol–water partition coefficient (Wildman–Crippen LogP) is 16.2. The molecule has 0 aliphatic carbocycles. The van der Waals surface area contributed by atoms with Crippen molar-refractivity contribution < 1.29 is 37.3 Å². The highest BCUT2D eigenvalue weighted by atomic mass is 31.2. The summed E-state index contributed by atoms with van der Waals surface area (Å²) in [5.41, 5.74) is 0. The standard InChI is InChI=1S/C56H104NO7P/c1-6-8-10-12-14-16-18-20-22-24-26-27-28-29-30-32-34-36-38-40-42-44-46-48-51-61-53-55(54-63-65(59,60)62-52-50-57(3,4)5)64-56(58)49-47-45-43-41-39-37-35-33-31-25-23-21-19-17-15-13-11-9-7-2/h8,10,14,16,20-23,26-27,55H,6-7,9,11-13,15,17-19,24-25,28-54H2,1-5H3/b10-8-,16-14-,22-20-,23-21-,27-26-. The van der Waals surface area contributed by atoms with Gasteiger partial charge in [0.15, 0.2) is 0 Å². The van der Waals surface area contributed by atoms with Gasteiger partial charge in [-0.25, -0.2) is 0 Å². The molecule has 65 heavy (non-hydrogen) atoms. The molecule has 0 amide bonds. The van der Waals surface area contributed by atoms with Crippen molar-refractivity contribution in [3.63, 3.8) is 0 Å². The maximum atomic E-state index is 12.8. The zero-order chi connectivity index (χ0) is 47.6. The molecule has 0 aliphatic rings. The smallest absolute Gasteiger partial charge is 0.306 e. The van der Waals surface area contributed by atoms with E-state index in [4.69, 9.17) is 18.5 Å². The summed E-state index contributed by atoms with van der Waals surface area (Å²) in [4.78, 5) is 25.2. The van der Waals surface area contributed by atoms with Gasteiger partial charge in [-0.05, 0) is 77.0 Å². The van der Waals surface area contributed by atoms with Crippen molar-refractivity contribution in [1.82, 2.24) is 0 Å². The van der Waals surface area contributed by atoms with Crippen LogP contribution in [0.2, 0.25) is 0 Å². The van der Waals surface area contributed by atoms with Gasteiger partial charge in [0.1, 0.15) is 19.3 Å². The highest BCUT2D eigenvalue weighted by Gasteiger charge is 2.20. The summed E-state index contributed by atoms with van der Waals surface area (Å²) in [5, 5.41) is 0. The van der Waals surface area contributed by atoms with E-state index in [2.05, 4.69) is 74.6 Å². The molecule has 0 fully saturated rings. The Hall–Kier alpha value is -1.80. The molecular weight excluding hydrogens is 830 g/mol. The second-order valence-electron chi connectivity index (χ2n) is 19.2. The van der Waals surface area contributed by atoms with Gasteiger partial charge in [-0.15, -0.1) is 0 Å². The van der Waals surface area contributed by atoms with Crippen molar-refractivity contribution in [2.24, 2.45) is 0 Å². The Balaban J connectivity index is 4.11. The Morgan fingerprint density at radius 1 is 0.492 bits per heavy atom. The number of hydrogen-bond donors (Lipinski definition) is 0. The van der Waals surface area contributed by atoms with Gasteiger partial charge in [-0.2, -0.15) is 0 Å². The zero-order valence-corrected chi connectivity index (χ0v) is 44.1. The third-order valence-corrected chi connectivity index (χ3v) is 12.5. The average Bonchev–Trinajstić information content (AvgIpc) is 3.27. The molecule has 0 aliphatic heterocycles. The van der Waals surface area contributed by atoms with Gasteiger partial charge in [0.25, 0.3) is 7.82 Å². The van der Waals surface area contributed by atoms with Crippen molar-refractivity contribution in [2.75, 3.05) is 54.1 Å². The summed E-state index contributed by atoms with van der Waals surface area (Å²) in [6.45, 7) is 5.31. The lowest BCUT2D eigenvalue weighted by Gasteiger charge is -2.28. The summed E-state index contributed by atoms with van der Waals surface area (Å²) in [7, 11) is 1.35. The number of phosphoric acid groups is 1. The number of quaternary nitrogens is 1. The van der Waals surface area contributed by atoms with Gasteiger partial charge in [-0.3, -0.25) is 9.36 Å². The molecule has 0 spiro atoms. The Morgan fingerprint density at radius 2 is 0.892 bits per heavy atom. The first-order chi connectivity index (χ1) is 31.6. The minimum atomic E-state index is -4.54. The third kappa shape index (κ3) is 53.0. The molecule has 0 aromatic rings. The number of hydrogen-bond acceptors (Lipinski definition) is 7. The van der Waals surface area contributed by atoms with Gasteiger partial charge in [0.05, 0.1) is 34.4 Å². The Labute approximate surface area is 402 Å². The number of nitrogens with zero attached hydrogens (tertiary/aromatic N) is 1. The number of allylic oxidation sites excluding steroid dienone is 10. The number of rotatable bonds is 50. The number of ether oxygens (including phenoxy) is 2. The molecule has 0 N–H and O–H groups in total. The van der Waals surface area contributed by atoms with Gasteiger partial charge in [0.2, 0.25) is 0 Å². The second kappa shape index (κ2) is 48.6. The monoisotopic (exact) mass is 934 g/mol. The van der Waals surface area contributed by atoms with Crippen LogP contribution in [0, 0.1) is 0 Å². The molecule has 2 unspecified atom stereocenters. The van der Waals surface area contributed by atoms with Crippen LogP contribution in [0.5, 0.6) is 0 Å². The Kier molecular flexibility index (Phi) is 47.3. The average molecular weight is 934 g/mol. The van der Waals surface area contributed by atoms with Crippen molar-refractivity contribution >= 4 is 13.8 Å². The van der Waals surface area contributed by atoms with Crippen molar-refractivity contribution in [3.05, 3.63) is 60.8 Å². The molecule has 0 aromatic heterocycles. The second-order valence-corrected chi connectivity index (χ2v) is 20.6. The van der Waals surface area contributed by atoms with Gasteiger partial charge in [-0.1, -0.05) is 209 Å². The summed E-state index contributed by atoms with van der Waals surface area (Å²) >= 11 is 0. The first-order valence-corrected chi connectivity index (χ1v) is 28.5. The fourth-order valence-electron chi connectivity index (χ4n) is 7.42. The maximum absolute atomic E-state index is 12.8. The number of likely N-dealkylation sites (N-methyl/N-ethyl adjacent to an activating group) is 1. The highest BCUT2D eigenvalue weighted by Crippen LogP contribution is 2.38. The van der Waals surface area contributed by atoms with Crippen LogP contribution in [0.15, 0.2) is 60.8 Å². The van der Waals surface area contributed by atoms with Crippen LogP contribution >= 0.6 is 7.82 Å². The van der Waals surface area contributed by atoms with Crippen LogP contribution in [0.1, 0.15) is 232 Å². The van der Waals surface area contributed by atoms with Crippen molar-refractivity contribution in [2.45, 2.75) is 238 Å². The molecule has 9 heteroatoms. The zero-order valence-electron chi connectivity index (χ0n) is 43.2. The maximum Gasteiger partial charge on any atom is 0.306 e. The fourth-order valence-corrected chi connectivity index (χ4v) is 8.14. The van der Waals surface area contributed by atoms with E-state index in [9.17, 15) is 14.3 Å². The van der Waals surface area contributed by atoms with Crippen LogP contribution in [-0.4, -0.2) is 70.7 Å². The minimum absolute atomic E-state index is 0.0238. The normalized spacial score (nSPS) is 14.0. The fraction of sp³-hybridized carbons (Fsp3) is 0.804. The molecule has 0 rings (SSSR count). The molecule has 8 nitrogen and oxygen atoms in total. The summed E-state index contributed by atoms with van der Waals surface area (Å²) in [6, 6.07) is 0. The topological polar surface area (TPSA) is 94.1 Å². The first-order valence-electron chi connectivity index (χ1n) is 27.0. The number of phosphoric ester groups is 1. The summed E-state index contributed by atoms with van der Waals surface area (Å²) < 4.78 is 34.8. The van der Waals surface area contributed by atoms with Crippen LogP contribution in [0.3, 0.4) is 0 Å². The van der Waals surface area contributed by atoms with E-state index in [1.807, 2.05) is 21.1 Å². The Morgan fingerprint density at radius 3 is 1.35 bits per heavy atom. The molecule has 0 bridgehead atoms. The van der Waals surface area contributed by atoms with E-state index < -0.39 is 13.9 Å². The molecule has 380 valence electrons. The van der Waals surface area contributed by atoms with E-state index in [1.165, 1.54) is 154 Å². The largest absolute Gasteiger partial charge is 0.756 e. The van der Waals surface area contributed by atoms with Crippen LogP contribution < -0.4 is 4.89 Å². The molecule has 0 saturated carbocycles. The van der Waals surface area contributed by atoms with E-state index in [0.29, 0.717) is 24.1 Å². The number of carbonyl (C=O) groups is 1. The summed E-state index contributed by atoms with van der Waals surface area (Å²) in [5.74, 6) is -0.336. The van der Waals surface area contributed by atoms with E-state index in [-0.39, 0.29) is 25.8 Å². The van der Waals surface area contributed by atoms with Crippen LogP contribution in [0.4, 0.5) is 0 Å². The van der Waals surface area contributed by atoms with E-state index in [0.717, 1.165) is 57.8 Å². The molecule has 0 saturated heterocycles. The number of carbonyl (C=O) groups excluding carboxylic acids is 1. The van der Waals surface area contributed by atoms with Crippen LogP contribution in [0.25, 0.3) is 0 Å². The predicted molar refractivity (Wildman–Crippen MR) is 277 cm³/mol. The molecular formula is C56H104NO7P. The van der Waals surface area contributed by atoms with Gasteiger partial charge >= 0.3 is 5.97 Å². The van der Waals surface area contributed by atoms with Crippen LogP contribution in [-0.2, 0) is 27.9 Å². The number of unbranched alkanes of at least 4 members (excludes halogenated alkanes) is 26. The van der Waals surface area contributed by atoms with E-state index in [1.54, 1.807) is 0 Å². The SMILES string of the molecule is CC/C=C\C/C=C\C/C=C\C/C=C\CCCCCCCCCCCCCOCC(COP(=O)([O-])OCC[N+](C)(C)C)OC(=O)CCCCCCCCCCC/C=C\CCCCCCCC. The minimum Gasteiger partial charge on any atom is -0.756 e. The number of esters is 1. The Bertz CT molecular complexity index is 1220. The summed E-state index contributed by atoms with van der Waals surface area (Å²) in [6.07, 6.45) is 62.5. The highest BCUT2D eigenvalue weighted by molar-refractivity contribution is 7.45. The lowest BCUT2D eigenvalue weighted by molar-refractivity contribution is -0.870. The van der Waals surface area contributed by atoms with Gasteiger partial charge < -0.3 is 27.9 Å². The first kappa shape index (κ1) is 63.2. The molecule has 0 aromatic carbocycles.